The number of esters is 1. The molecule has 2 aromatic carbocycles. The molecule has 0 bridgehead atoms. The SMILES string of the molecule is CCOC(=O)c1ccc(OC2CC(NCc3c(F)ccc4cnccc34)C2)cc1. The second-order valence-electron chi connectivity index (χ2n) is 7.16. The Bertz CT molecular complexity index is 1000. The molecule has 0 unspecified atom stereocenters. The van der Waals surface area contributed by atoms with Gasteiger partial charge in [-0.25, -0.2) is 9.18 Å². The van der Waals surface area contributed by atoms with E-state index in [0.717, 1.165) is 29.4 Å². The largest absolute Gasteiger partial charge is 0.490 e. The lowest BCUT2D eigenvalue weighted by atomic mass is 9.89. The lowest BCUT2D eigenvalue weighted by Crippen LogP contribution is -2.46. The number of hydrogen-bond acceptors (Lipinski definition) is 5. The molecule has 1 aliphatic rings. The molecule has 6 heteroatoms. The zero-order valence-electron chi connectivity index (χ0n) is 16.2. The van der Waals surface area contributed by atoms with Crippen LogP contribution in [0.2, 0.25) is 0 Å². The lowest BCUT2D eigenvalue weighted by molar-refractivity contribution is 0.0526. The van der Waals surface area contributed by atoms with Gasteiger partial charge in [0.25, 0.3) is 0 Å². The molecule has 4 rings (SSSR count). The summed E-state index contributed by atoms with van der Waals surface area (Å²) in [6, 6.07) is 12.4. The fourth-order valence-corrected chi connectivity index (χ4v) is 3.54. The highest BCUT2D eigenvalue weighted by atomic mass is 19.1. The van der Waals surface area contributed by atoms with Crippen LogP contribution in [-0.4, -0.2) is 29.7 Å². The Morgan fingerprint density at radius 1 is 1.17 bits per heavy atom. The molecular weight excluding hydrogens is 371 g/mol. The van der Waals surface area contributed by atoms with Crippen molar-refractivity contribution in [1.29, 1.82) is 0 Å². The fraction of sp³-hybridized carbons (Fsp3) is 0.304. The van der Waals surface area contributed by atoms with Crippen molar-refractivity contribution in [3.63, 3.8) is 0 Å². The van der Waals surface area contributed by atoms with Crippen LogP contribution in [0.15, 0.2) is 54.9 Å². The van der Waals surface area contributed by atoms with Gasteiger partial charge in [0.05, 0.1) is 12.2 Å². The van der Waals surface area contributed by atoms with E-state index in [1.54, 1.807) is 49.6 Å². The summed E-state index contributed by atoms with van der Waals surface area (Å²) in [7, 11) is 0. The van der Waals surface area contributed by atoms with E-state index in [2.05, 4.69) is 10.3 Å². The van der Waals surface area contributed by atoms with Crippen LogP contribution < -0.4 is 10.1 Å². The van der Waals surface area contributed by atoms with Gasteiger partial charge in [0.2, 0.25) is 0 Å². The summed E-state index contributed by atoms with van der Waals surface area (Å²) in [6.07, 6.45) is 5.26. The Labute approximate surface area is 168 Å². The number of fused-ring (bicyclic) bond motifs is 1. The third kappa shape index (κ3) is 4.38. The summed E-state index contributed by atoms with van der Waals surface area (Å²) in [5.74, 6) is 0.197. The second-order valence-corrected chi connectivity index (χ2v) is 7.16. The number of nitrogens with zero attached hydrogens (tertiary/aromatic N) is 1. The first-order valence-electron chi connectivity index (χ1n) is 9.82. The summed E-state index contributed by atoms with van der Waals surface area (Å²) in [4.78, 5) is 15.8. The molecule has 5 nitrogen and oxygen atoms in total. The number of aromatic nitrogens is 1. The number of ether oxygens (including phenoxy) is 2. The molecule has 0 saturated heterocycles. The van der Waals surface area contributed by atoms with E-state index in [0.29, 0.717) is 24.3 Å². The molecule has 1 aromatic heterocycles. The van der Waals surface area contributed by atoms with Crippen molar-refractivity contribution < 1.29 is 18.7 Å². The summed E-state index contributed by atoms with van der Waals surface area (Å²) >= 11 is 0. The van der Waals surface area contributed by atoms with Crippen LogP contribution in [0.25, 0.3) is 10.8 Å². The molecule has 1 fully saturated rings. The van der Waals surface area contributed by atoms with E-state index in [1.807, 2.05) is 6.07 Å². The molecule has 0 aliphatic heterocycles. The Balaban J connectivity index is 1.28. The average Bonchev–Trinajstić information content (AvgIpc) is 2.71. The van der Waals surface area contributed by atoms with Gasteiger partial charge >= 0.3 is 5.97 Å². The third-order valence-corrected chi connectivity index (χ3v) is 5.21. The van der Waals surface area contributed by atoms with Gasteiger partial charge in [-0.2, -0.15) is 0 Å². The molecule has 3 aromatic rings. The predicted octanol–water partition coefficient (Wildman–Crippen LogP) is 4.25. The maximum atomic E-state index is 14.3. The summed E-state index contributed by atoms with van der Waals surface area (Å²) in [5, 5.41) is 5.25. The van der Waals surface area contributed by atoms with Gasteiger partial charge in [-0.3, -0.25) is 4.98 Å². The molecule has 0 spiro atoms. The Morgan fingerprint density at radius 3 is 2.72 bits per heavy atom. The van der Waals surface area contributed by atoms with Crippen molar-refractivity contribution in [1.82, 2.24) is 10.3 Å². The number of halogens is 1. The smallest absolute Gasteiger partial charge is 0.338 e. The normalized spacial score (nSPS) is 18.3. The van der Waals surface area contributed by atoms with Crippen LogP contribution in [0.4, 0.5) is 4.39 Å². The lowest BCUT2D eigenvalue weighted by Gasteiger charge is -2.36. The minimum Gasteiger partial charge on any atom is -0.490 e. The van der Waals surface area contributed by atoms with Crippen LogP contribution in [0.1, 0.15) is 35.7 Å². The second kappa shape index (κ2) is 8.57. The number of carbonyl (C=O) groups excluding carboxylic acids is 1. The molecular formula is C23H23FN2O3. The molecule has 29 heavy (non-hydrogen) atoms. The van der Waals surface area contributed by atoms with Crippen molar-refractivity contribution in [2.75, 3.05) is 6.61 Å². The van der Waals surface area contributed by atoms with Crippen LogP contribution in [0.5, 0.6) is 5.75 Å². The standard InChI is InChI=1S/C23H23FN2O3/c1-2-28-23(27)15-3-6-18(7-4-15)29-19-11-17(12-19)26-14-21-20-9-10-25-13-16(20)5-8-22(21)24/h3-10,13,17,19,26H,2,11-12,14H2,1H3. The third-order valence-electron chi connectivity index (χ3n) is 5.21. The van der Waals surface area contributed by atoms with E-state index >= 15 is 0 Å². The monoisotopic (exact) mass is 394 g/mol. The summed E-state index contributed by atoms with van der Waals surface area (Å²) < 4.78 is 25.2. The molecule has 0 atom stereocenters. The van der Waals surface area contributed by atoms with Crippen molar-refractivity contribution in [2.24, 2.45) is 0 Å². The topological polar surface area (TPSA) is 60.5 Å². The zero-order chi connectivity index (χ0) is 20.2. The molecule has 0 radical (unpaired) electrons. The van der Waals surface area contributed by atoms with Gasteiger partial charge in [-0.15, -0.1) is 0 Å². The number of nitrogens with one attached hydrogen (secondary N) is 1. The van der Waals surface area contributed by atoms with Gasteiger partial charge in [0, 0.05) is 35.9 Å². The van der Waals surface area contributed by atoms with Crippen molar-refractivity contribution in [3.8, 4) is 5.75 Å². The number of carbonyl (C=O) groups is 1. The Morgan fingerprint density at radius 2 is 1.97 bits per heavy atom. The molecule has 1 saturated carbocycles. The maximum Gasteiger partial charge on any atom is 0.338 e. The van der Waals surface area contributed by atoms with E-state index in [9.17, 15) is 9.18 Å². The van der Waals surface area contributed by atoms with Gasteiger partial charge in [-0.05, 0) is 67.6 Å². The molecule has 1 heterocycles. The molecule has 0 amide bonds. The van der Waals surface area contributed by atoms with Crippen molar-refractivity contribution >= 4 is 16.7 Å². The number of benzene rings is 2. The first-order valence-corrected chi connectivity index (χ1v) is 9.82. The van der Waals surface area contributed by atoms with Gasteiger partial charge < -0.3 is 14.8 Å². The number of rotatable bonds is 7. The predicted molar refractivity (Wildman–Crippen MR) is 108 cm³/mol. The highest BCUT2D eigenvalue weighted by Crippen LogP contribution is 2.27. The van der Waals surface area contributed by atoms with Crippen LogP contribution >= 0.6 is 0 Å². The summed E-state index contributed by atoms with van der Waals surface area (Å²) in [6.45, 7) is 2.61. The molecule has 1 aliphatic carbocycles. The minimum absolute atomic E-state index is 0.113. The van der Waals surface area contributed by atoms with Crippen LogP contribution in [0.3, 0.4) is 0 Å². The van der Waals surface area contributed by atoms with Gasteiger partial charge in [0.15, 0.2) is 0 Å². The average molecular weight is 394 g/mol. The van der Waals surface area contributed by atoms with Gasteiger partial charge in [-0.1, -0.05) is 0 Å². The maximum absolute atomic E-state index is 14.3. The number of pyridine rings is 1. The highest BCUT2D eigenvalue weighted by Gasteiger charge is 2.30. The van der Waals surface area contributed by atoms with Crippen molar-refractivity contribution in [3.05, 3.63) is 71.8 Å². The Kier molecular flexibility index (Phi) is 5.71. The molecule has 150 valence electrons. The van der Waals surface area contributed by atoms with Gasteiger partial charge in [0.1, 0.15) is 17.7 Å². The number of hydrogen-bond donors (Lipinski definition) is 1. The first-order chi connectivity index (χ1) is 14.1. The Hall–Kier alpha value is -2.99. The quantitative estimate of drug-likeness (QED) is 0.607. The molecule has 1 N–H and O–H groups in total. The van der Waals surface area contributed by atoms with E-state index in [-0.39, 0.29) is 23.9 Å². The summed E-state index contributed by atoms with van der Waals surface area (Å²) in [5.41, 5.74) is 1.18. The highest BCUT2D eigenvalue weighted by molar-refractivity contribution is 5.89. The minimum atomic E-state index is -0.330. The van der Waals surface area contributed by atoms with Crippen LogP contribution in [0, 0.1) is 5.82 Å². The van der Waals surface area contributed by atoms with Crippen LogP contribution in [-0.2, 0) is 11.3 Å². The zero-order valence-corrected chi connectivity index (χ0v) is 16.2. The van der Waals surface area contributed by atoms with E-state index < -0.39 is 0 Å². The van der Waals surface area contributed by atoms with Crippen molar-refractivity contribution in [2.45, 2.75) is 38.5 Å². The fourth-order valence-electron chi connectivity index (χ4n) is 3.54. The van der Waals surface area contributed by atoms with E-state index in [1.165, 1.54) is 6.07 Å². The van der Waals surface area contributed by atoms with E-state index in [4.69, 9.17) is 9.47 Å². The first kappa shape index (κ1) is 19.3.